The number of thioether (sulfide) groups is 1. The number of anilines is 2. The summed E-state index contributed by atoms with van der Waals surface area (Å²) in [6, 6.07) is 23.4. The first-order chi connectivity index (χ1) is 19.0. The van der Waals surface area contributed by atoms with Crippen LogP contribution in [-0.2, 0) is 16.1 Å². The van der Waals surface area contributed by atoms with Crippen molar-refractivity contribution in [3.8, 4) is 11.1 Å². The summed E-state index contributed by atoms with van der Waals surface area (Å²) < 4.78 is 5.01. The van der Waals surface area contributed by atoms with Crippen molar-refractivity contribution in [1.82, 2.24) is 4.98 Å². The second kappa shape index (κ2) is 11.9. The van der Waals surface area contributed by atoms with E-state index in [0.29, 0.717) is 42.1 Å². The molecule has 8 nitrogen and oxygen atoms in total. The summed E-state index contributed by atoms with van der Waals surface area (Å²) in [5.41, 5.74) is 10.7. The smallest absolute Gasteiger partial charge is 0.319 e. The number of esters is 1. The maximum atomic E-state index is 12.9. The largest absolute Gasteiger partial charge is 0.465 e. The maximum absolute atomic E-state index is 12.9. The third kappa shape index (κ3) is 6.34. The molecule has 1 aliphatic heterocycles. The molecular weight excluding hydrogens is 512 g/mol. The first-order valence-electron chi connectivity index (χ1n) is 12.4. The van der Waals surface area contributed by atoms with E-state index in [1.807, 2.05) is 36.4 Å². The summed E-state index contributed by atoms with van der Waals surface area (Å²) in [5, 5.41) is 5.60. The highest BCUT2D eigenvalue weighted by Gasteiger charge is 2.27. The van der Waals surface area contributed by atoms with Crippen molar-refractivity contribution in [2.24, 2.45) is 5.73 Å². The van der Waals surface area contributed by atoms with E-state index in [4.69, 9.17) is 10.5 Å². The normalized spacial score (nSPS) is 14.5. The quantitative estimate of drug-likeness (QED) is 0.266. The van der Waals surface area contributed by atoms with Gasteiger partial charge in [-0.25, -0.2) is 0 Å². The minimum atomic E-state index is -0.256. The number of cyclic esters (lactones) is 1. The molecule has 9 heteroatoms. The highest BCUT2D eigenvalue weighted by molar-refractivity contribution is 8.00. The van der Waals surface area contributed by atoms with Crippen LogP contribution in [0.15, 0.2) is 96.2 Å². The number of hydrogen-bond acceptors (Lipinski definition) is 7. The lowest BCUT2D eigenvalue weighted by Crippen LogP contribution is -2.13. The van der Waals surface area contributed by atoms with E-state index >= 15 is 0 Å². The van der Waals surface area contributed by atoms with Gasteiger partial charge in [0.1, 0.15) is 5.25 Å². The van der Waals surface area contributed by atoms with Crippen LogP contribution in [0.2, 0.25) is 0 Å². The SMILES string of the molecule is NCc1ccc(C(=O)Nc2ccncc2)cc1-c1cccc(NC(=O)c2ccc(SC3CCOC3=O)cc2)c1. The Hall–Kier alpha value is -4.47. The van der Waals surface area contributed by atoms with Crippen LogP contribution in [0.3, 0.4) is 0 Å². The Labute approximate surface area is 230 Å². The van der Waals surface area contributed by atoms with Crippen LogP contribution < -0.4 is 16.4 Å². The van der Waals surface area contributed by atoms with E-state index in [1.54, 1.807) is 54.9 Å². The molecule has 1 saturated heterocycles. The molecule has 3 aromatic carbocycles. The Kier molecular flexibility index (Phi) is 8.00. The summed E-state index contributed by atoms with van der Waals surface area (Å²) in [6.45, 7) is 0.743. The van der Waals surface area contributed by atoms with Crippen molar-refractivity contribution < 1.29 is 19.1 Å². The fourth-order valence-corrected chi connectivity index (χ4v) is 5.20. The van der Waals surface area contributed by atoms with E-state index in [9.17, 15) is 14.4 Å². The molecule has 1 unspecified atom stereocenters. The van der Waals surface area contributed by atoms with Crippen molar-refractivity contribution in [2.75, 3.05) is 17.2 Å². The summed E-state index contributed by atoms with van der Waals surface area (Å²) in [4.78, 5) is 42.4. The number of benzene rings is 3. The van der Waals surface area contributed by atoms with Gasteiger partial charge in [0.15, 0.2) is 0 Å². The maximum Gasteiger partial charge on any atom is 0.319 e. The van der Waals surface area contributed by atoms with Crippen LogP contribution in [0.4, 0.5) is 11.4 Å². The molecule has 39 heavy (non-hydrogen) atoms. The van der Waals surface area contributed by atoms with Crippen molar-refractivity contribution in [3.05, 3.63) is 108 Å². The fourth-order valence-electron chi connectivity index (χ4n) is 4.20. The summed E-state index contributed by atoms with van der Waals surface area (Å²) in [5.74, 6) is -0.699. The van der Waals surface area contributed by atoms with Crippen LogP contribution >= 0.6 is 11.8 Å². The molecule has 0 bridgehead atoms. The summed E-state index contributed by atoms with van der Waals surface area (Å²) in [7, 11) is 0. The number of ether oxygens (including phenoxy) is 1. The second-order valence-corrected chi connectivity index (χ2v) is 10.2. The van der Waals surface area contributed by atoms with Gasteiger partial charge >= 0.3 is 5.97 Å². The number of carbonyl (C=O) groups excluding carboxylic acids is 3. The van der Waals surface area contributed by atoms with Crippen LogP contribution in [0.5, 0.6) is 0 Å². The van der Waals surface area contributed by atoms with Gasteiger partial charge in [-0.05, 0) is 77.4 Å². The fraction of sp³-hybridized carbons (Fsp3) is 0.133. The Morgan fingerprint density at radius 3 is 2.33 bits per heavy atom. The van der Waals surface area contributed by atoms with E-state index in [0.717, 1.165) is 21.6 Å². The Balaban J connectivity index is 1.31. The van der Waals surface area contributed by atoms with Gasteiger partial charge in [0.25, 0.3) is 11.8 Å². The predicted molar refractivity (Wildman–Crippen MR) is 152 cm³/mol. The molecule has 4 aromatic rings. The van der Waals surface area contributed by atoms with Crippen LogP contribution in [0, 0.1) is 0 Å². The van der Waals surface area contributed by atoms with Crippen molar-refractivity contribution in [1.29, 1.82) is 0 Å². The first-order valence-corrected chi connectivity index (χ1v) is 13.3. The molecule has 0 saturated carbocycles. The van der Waals surface area contributed by atoms with Gasteiger partial charge in [-0.3, -0.25) is 19.4 Å². The van der Waals surface area contributed by atoms with Gasteiger partial charge in [0.05, 0.1) is 6.61 Å². The van der Waals surface area contributed by atoms with Crippen LogP contribution in [0.1, 0.15) is 32.7 Å². The predicted octanol–water partition coefficient (Wildman–Crippen LogP) is 5.12. The molecule has 0 aliphatic carbocycles. The monoisotopic (exact) mass is 538 g/mol. The highest BCUT2D eigenvalue weighted by atomic mass is 32.2. The minimum Gasteiger partial charge on any atom is -0.465 e. The average Bonchev–Trinajstić information content (AvgIpc) is 3.37. The van der Waals surface area contributed by atoms with E-state index in [-0.39, 0.29) is 23.0 Å². The molecule has 0 spiro atoms. The molecule has 5 rings (SSSR count). The van der Waals surface area contributed by atoms with Gasteiger partial charge in [-0.1, -0.05) is 18.2 Å². The standard InChI is InChI=1S/C30H26N4O4S/c31-18-22-5-4-21(29(36)33-23-10-13-32-14-11-23)17-26(22)20-2-1-3-24(16-20)34-28(35)19-6-8-25(9-7-19)39-27-12-15-38-30(27)37/h1-11,13-14,16-17,27H,12,15,18,31H2,(H,34,35)(H,32,33,36). The molecule has 0 radical (unpaired) electrons. The Morgan fingerprint density at radius 1 is 0.897 bits per heavy atom. The van der Waals surface area contributed by atoms with Gasteiger partial charge in [-0.2, -0.15) is 0 Å². The third-order valence-corrected chi connectivity index (χ3v) is 7.50. The van der Waals surface area contributed by atoms with Crippen molar-refractivity contribution >= 4 is 40.9 Å². The number of hydrogen-bond donors (Lipinski definition) is 3. The number of nitrogens with one attached hydrogen (secondary N) is 2. The molecule has 1 aliphatic rings. The number of aromatic nitrogens is 1. The van der Waals surface area contributed by atoms with Crippen molar-refractivity contribution in [3.63, 3.8) is 0 Å². The lowest BCUT2D eigenvalue weighted by atomic mass is 9.96. The number of pyridine rings is 1. The molecular formula is C30H26N4O4S. The molecule has 1 atom stereocenters. The molecule has 4 N–H and O–H groups in total. The molecule has 196 valence electrons. The zero-order valence-electron chi connectivity index (χ0n) is 20.9. The van der Waals surface area contributed by atoms with Crippen LogP contribution in [-0.4, -0.2) is 34.6 Å². The van der Waals surface area contributed by atoms with Crippen LogP contribution in [0.25, 0.3) is 11.1 Å². The Morgan fingerprint density at radius 2 is 1.62 bits per heavy atom. The number of amides is 2. The van der Waals surface area contributed by atoms with Crippen molar-refractivity contribution in [2.45, 2.75) is 23.1 Å². The number of nitrogens with two attached hydrogens (primary N) is 1. The third-order valence-electron chi connectivity index (χ3n) is 6.24. The lowest BCUT2D eigenvalue weighted by molar-refractivity contribution is -0.137. The highest BCUT2D eigenvalue weighted by Crippen LogP contribution is 2.30. The molecule has 1 fully saturated rings. The van der Waals surface area contributed by atoms with E-state index in [2.05, 4.69) is 15.6 Å². The zero-order chi connectivity index (χ0) is 27.2. The van der Waals surface area contributed by atoms with E-state index in [1.165, 1.54) is 11.8 Å². The molecule has 1 aromatic heterocycles. The van der Waals surface area contributed by atoms with E-state index < -0.39 is 0 Å². The second-order valence-electron chi connectivity index (χ2n) is 8.89. The minimum absolute atomic E-state index is 0.195. The number of nitrogens with zero attached hydrogens (tertiary/aromatic N) is 1. The topological polar surface area (TPSA) is 123 Å². The first kappa shape index (κ1) is 26.1. The molecule has 2 amide bonds. The van der Waals surface area contributed by atoms with Gasteiger partial charge in [0, 0.05) is 52.8 Å². The lowest BCUT2D eigenvalue weighted by Gasteiger charge is -2.13. The van der Waals surface area contributed by atoms with Gasteiger partial charge in [-0.15, -0.1) is 11.8 Å². The molecule has 2 heterocycles. The summed E-state index contributed by atoms with van der Waals surface area (Å²) >= 11 is 1.44. The Bertz CT molecular complexity index is 1510. The number of carbonyl (C=O) groups is 3. The van der Waals surface area contributed by atoms with Gasteiger partial charge < -0.3 is 21.1 Å². The average molecular weight is 539 g/mol. The number of rotatable bonds is 8. The zero-order valence-corrected chi connectivity index (χ0v) is 21.7. The summed E-state index contributed by atoms with van der Waals surface area (Å²) in [6.07, 6.45) is 3.91. The van der Waals surface area contributed by atoms with Gasteiger partial charge in [0.2, 0.25) is 0 Å².